The summed E-state index contributed by atoms with van der Waals surface area (Å²) in [5.74, 6) is 0.272. The Kier molecular flexibility index (Phi) is 3.83. The van der Waals surface area contributed by atoms with E-state index in [1.165, 1.54) is 24.8 Å². The molecule has 0 aliphatic carbocycles. The number of hydrogen-bond donors (Lipinski definition) is 1. The van der Waals surface area contributed by atoms with Gasteiger partial charge < -0.3 is 10.2 Å². The van der Waals surface area contributed by atoms with Crippen LogP contribution < -0.4 is 10.2 Å². The average Bonchev–Trinajstić information content (AvgIpc) is 2.70. The number of carbonyl (C=O) groups is 1. The van der Waals surface area contributed by atoms with Crippen LogP contribution in [0.15, 0.2) is 24.3 Å². The monoisotopic (exact) mass is 258 g/mol. The molecule has 3 nitrogen and oxygen atoms in total. The molecule has 2 heterocycles. The second-order valence-electron chi connectivity index (χ2n) is 5.58. The van der Waals surface area contributed by atoms with Gasteiger partial charge in [-0.1, -0.05) is 24.6 Å². The van der Waals surface area contributed by atoms with E-state index < -0.39 is 0 Å². The van der Waals surface area contributed by atoms with E-state index in [0.29, 0.717) is 0 Å². The number of para-hydroxylation sites is 1. The van der Waals surface area contributed by atoms with E-state index in [0.717, 1.165) is 38.0 Å². The summed E-state index contributed by atoms with van der Waals surface area (Å²) < 4.78 is 0. The quantitative estimate of drug-likeness (QED) is 0.839. The summed E-state index contributed by atoms with van der Waals surface area (Å²) >= 11 is 0. The van der Waals surface area contributed by atoms with Crippen LogP contribution in [0.25, 0.3) is 0 Å². The van der Waals surface area contributed by atoms with E-state index in [4.69, 9.17) is 0 Å². The minimum atomic E-state index is 0.0277. The molecule has 1 atom stereocenters. The van der Waals surface area contributed by atoms with E-state index in [-0.39, 0.29) is 11.9 Å². The third kappa shape index (κ3) is 2.66. The Morgan fingerprint density at radius 2 is 2.05 bits per heavy atom. The number of hydrogen-bond acceptors (Lipinski definition) is 2. The number of amides is 1. The van der Waals surface area contributed by atoms with Crippen molar-refractivity contribution in [3.63, 3.8) is 0 Å². The van der Waals surface area contributed by atoms with Gasteiger partial charge in [-0.15, -0.1) is 0 Å². The molecule has 1 fully saturated rings. The van der Waals surface area contributed by atoms with Gasteiger partial charge in [0.2, 0.25) is 5.91 Å². The molecule has 1 saturated heterocycles. The lowest BCUT2D eigenvalue weighted by Crippen LogP contribution is -2.49. The molecular formula is C16H22N2O. The molecule has 1 amide bonds. The number of anilines is 1. The van der Waals surface area contributed by atoms with E-state index >= 15 is 0 Å². The molecule has 1 N–H and O–H groups in total. The largest absolute Gasteiger partial charge is 0.311 e. The molecule has 19 heavy (non-hydrogen) atoms. The van der Waals surface area contributed by atoms with Crippen molar-refractivity contribution in [2.75, 3.05) is 18.0 Å². The Hall–Kier alpha value is -1.35. The smallest absolute Gasteiger partial charge is 0.244 e. The van der Waals surface area contributed by atoms with Crippen molar-refractivity contribution < 1.29 is 4.79 Å². The van der Waals surface area contributed by atoms with Crippen molar-refractivity contribution >= 4 is 11.6 Å². The maximum Gasteiger partial charge on any atom is 0.244 e. The minimum absolute atomic E-state index is 0.0277. The van der Waals surface area contributed by atoms with Crippen LogP contribution in [0.2, 0.25) is 0 Å². The number of nitrogens with zero attached hydrogens (tertiary/aromatic N) is 1. The average molecular weight is 258 g/mol. The van der Waals surface area contributed by atoms with Crippen LogP contribution in [-0.2, 0) is 11.2 Å². The first kappa shape index (κ1) is 12.7. The van der Waals surface area contributed by atoms with Gasteiger partial charge in [0.15, 0.2) is 0 Å². The standard InChI is InChI=1S/C16H22N2O/c19-16(14-9-3-5-11-17-14)18-12-6-4-8-13-7-1-2-10-15(13)18/h1-2,7,10,14,17H,3-6,8-9,11-12H2/t14-/m1/s1. The van der Waals surface area contributed by atoms with Crippen molar-refractivity contribution in [2.24, 2.45) is 0 Å². The van der Waals surface area contributed by atoms with Gasteiger partial charge in [0.05, 0.1) is 6.04 Å². The Morgan fingerprint density at radius 1 is 1.16 bits per heavy atom. The molecule has 0 saturated carbocycles. The number of benzene rings is 1. The molecule has 3 rings (SSSR count). The molecule has 0 unspecified atom stereocenters. The Morgan fingerprint density at radius 3 is 2.89 bits per heavy atom. The fourth-order valence-electron chi connectivity index (χ4n) is 3.17. The molecule has 1 aromatic rings. The zero-order valence-electron chi connectivity index (χ0n) is 11.4. The van der Waals surface area contributed by atoms with E-state index in [9.17, 15) is 4.79 Å². The first-order valence-corrected chi connectivity index (χ1v) is 7.49. The fraction of sp³-hybridized carbons (Fsp3) is 0.562. The van der Waals surface area contributed by atoms with Crippen LogP contribution in [-0.4, -0.2) is 25.0 Å². The third-order valence-electron chi connectivity index (χ3n) is 4.23. The van der Waals surface area contributed by atoms with Gasteiger partial charge in [0.25, 0.3) is 0 Å². The highest BCUT2D eigenvalue weighted by Crippen LogP contribution is 2.27. The molecule has 102 valence electrons. The van der Waals surface area contributed by atoms with Crippen LogP contribution >= 0.6 is 0 Å². The van der Waals surface area contributed by atoms with Gasteiger partial charge >= 0.3 is 0 Å². The lowest BCUT2D eigenvalue weighted by molar-refractivity contribution is -0.121. The first-order chi connectivity index (χ1) is 9.36. The van der Waals surface area contributed by atoms with Gasteiger partial charge in [0.1, 0.15) is 0 Å². The second kappa shape index (κ2) is 5.74. The highest BCUT2D eigenvalue weighted by atomic mass is 16.2. The fourth-order valence-corrected chi connectivity index (χ4v) is 3.17. The molecule has 3 heteroatoms. The van der Waals surface area contributed by atoms with Crippen molar-refractivity contribution in [2.45, 2.75) is 44.6 Å². The molecule has 0 spiro atoms. The van der Waals surface area contributed by atoms with Crippen LogP contribution in [0.1, 0.15) is 37.7 Å². The number of rotatable bonds is 1. The van der Waals surface area contributed by atoms with Crippen molar-refractivity contribution in [3.05, 3.63) is 29.8 Å². The lowest BCUT2D eigenvalue weighted by atomic mass is 10.0. The van der Waals surface area contributed by atoms with Gasteiger partial charge in [0, 0.05) is 12.2 Å². The van der Waals surface area contributed by atoms with E-state index in [2.05, 4.69) is 23.5 Å². The predicted octanol–water partition coefficient (Wildman–Crippen LogP) is 2.50. The number of carbonyl (C=O) groups excluding carboxylic acids is 1. The third-order valence-corrected chi connectivity index (χ3v) is 4.23. The zero-order valence-corrected chi connectivity index (χ0v) is 11.4. The summed E-state index contributed by atoms with van der Waals surface area (Å²) in [5.41, 5.74) is 2.46. The summed E-state index contributed by atoms with van der Waals surface area (Å²) in [6.45, 7) is 1.85. The molecule has 2 aliphatic heterocycles. The molecule has 2 aliphatic rings. The predicted molar refractivity (Wildman–Crippen MR) is 77.4 cm³/mol. The van der Waals surface area contributed by atoms with Crippen molar-refractivity contribution in [3.8, 4) is 0 Å². The molecule has 1 aromatic carbocycles. The highest BCUT2D eigenvalue weighted by molar-refractivity contribution is 5.98. The van der Waals surface area contributed by atoms with Crippen LogP contribution in [0.5, 0.6) is 0 Å². The summed E-state index contributed by atoms with van der Waals surface area (Å²) in [6, 6.07) is 8.40. The second-order valence-corrected chi connectivity index (χ2v) is 5.58. The lowest BCUT2D eigenvalue weighted by Gasteiger charge is -2.30. The number of fused-ring (bicyclic) bond motifs is 1. The van der Waals surface area contributed by atoms with Gasteiger partial charge in [-0.25, -0.2) is 0 Å². The van der Waals surface area contributed by atoms with Crippen molar-refractivity contribution in [1.82, 2.24) is 5.32 Å². The maximum atomic E-state index is 12.7. The maximum absolute atomic E-state index is 12.7. The summed E-state index contributed by atoms with van der Waals surface area (Å²) in [7, 11) is 0. The zero-order chi connectivity index (χ0) is 13.1. The topological polar surface area (TPSA) is 32.3 Å². The number of nitrogens with one attached hydrogen (secondary N) is 1. The van der Waals surface area contributed by atoms with E-state index in [1.54, 1.807) is 0 Å². The minimum Gasteiger partial charge on any atom is -0.311 e. The van der Waals surface area contributed by atoms with E-state index in [1.807, 2.05) is 11.0 Å². The molecule has 0 radical (unpaired) electrons. The summed E-state index contributed by atoms with van der Waals surface area (Å²) in [5, 5.41) is 3.38. The first-order valence-electron chi connectivity index (χ1n) is 7.49. The molecule has 0 bridgehead atoms. The SMILES string of the molecule is O=C([C@H]1CCCCN1)N1CCCCc2ccccc21. The number of piperidine rings is 1. The van der Waals surface area contributed by atoms with Crippen LogP contribution in [0, 0.1) is 0 Å². The van der Waals surface area contributed by atoms with Gasteiger partial charge in [-0.2, -0.15) is 0 Å². The summed E-state index contributed by atoms with van der Waals surface area (Å²) in [4.78, 5) is 14.8. The summed E-state index contributed by atoms with van der Waals surface area (Å²) in [6.07, 6.45) is 6.72. The van der Waals surface area contributed by atoms with Crippen LogP contribution in [0.3, 0.4) is 0 Å². The molecular weight excluding hydrogens is 236 g/mol. The van der Waals surface area contributed by atoms with Crippen molar-refractivity contribution in [1.29, 1.82) is 0 Å². The normalized spacial score (nSPS) is 23.6. The van der Waals surface area contributed by atoms with Gasteiger partial charge in [-0.3, -0.25) is 4.79 Å². The number of aryl methyl sites for hydroxylation is 1. The Balaban J connectivity index is 1.84. The van der Waals surface area contributed by atoms with Crippen LogP contribution in [0.4, 0.5) is 5.69 Å². The Labute approximate surface area is 115 Å². The van der Waals surface area contributed by atoms with Gasteiger partial charge in [-0.05, 0) is 50.3 Å². The Bertz CT molecular complexity index is 452. The highest BCUT2D eigenvalue weighted by Gasteiger charge is 2.28. The molecule has 0 aromatic heterocycles.